The Morgan fingerprint density at radius 2 is 1.90 bits per heavy atom. The minimum atomic E-state index is -3.67. The molecule has 0 radical (unpaired) electrons. The van der Waals surface area contributed by atoms with Crippen molar-refractivity contribution in [1.29, 1.82) is 0 Å². The van der Waals surface area contributed by atoms with Crippen molar-refractivity contribution >= 4 is 16.0 Å². The molecular formula is C13H19NO5S. The van der Waals surface area contributed by atoms with Crippen molar-refractivity contribution in [2.45, 2.75) is 37.2 Å². The van der Waals surface area contributed by atoms with Crippen LogP contribution in [0, 0.1) is 0 Å². The van der Waals surface area contributed by atoms with Crippen LogP contribution >= 0.6 is 0 Å². The van der Waals surface area contributed by atoms with Crippen LogP contribution in [0.1, 0.15) is 25.3 Å². The molecule has 3 N–H and O–H groups in total. The van der Waals surface area contributed by atoms with Crippen molar-refractivity contribution in [3.8, 4) is 0 Å². The summed E-state index contributed by atoms with van der Waals surface area (Å²) in [6.45, 7) is 1.91. The molecule has 0 amide bonds. The molecule has 1 rings (SSSR count). The van der Waals surface area contributed by atoms with Crippen molar-refractivity contribution in [1.82, 2.24) is 4.72 Å². The zero-order valence-electron chi connectivity index (χ0n) is 11.2. The normalized spacial score (nSPS) is 13.1. The van der Waals surface area contributed by atoms with Gasteiger partial charge in [0.2, 0.25) is 10.0 Å². The third kappa shape index (κ3) is 4.92. The smallest absolute Gasteiger partial charge is 0.332 e. The third-order valence-electron chi connectivity index (χ3n) is 2.77. The van der Waals surface area contributed by atoms with Crippen LogP contribution in [0.25, 0.3) is 0 Å². The van der Waals surface area contributed by atoms with Gasteiger partial charge in [0.05, 0.1) is 4.90 Å². The van der Waals surface area contributed by atoms with Crippen LogP contribution in [0.3, 0.4) is 0 Å². The Labute approximate surface area is 118 Å². The summed E-state index contributed by atoms with van der Waals surface area (Å²) < 4.78 is 26.1. The molecule has 0 spiro atoms. The van der Waals surface area contributed by atoms with Gasteiger partial charge in [0.1, 0.15) is 0 Å². The molecule has 1 aromatic carbocycles. The maximum Gasteiger partial charge on any atom is 0.332 e. The Balaban J connectivity index is 2.62. The van der Waals surface area contributed by atoms with Gasteiger partial charge in [-0.15, -0.1) is 0 Å². The number of carboxylic acids is 1. The molecule has 0 aliphatic carbocycles. The number of aliphatic hydroxyl groups is 1. The van der Waals surface area contributed by atoms with E-state index in [4.69, 9.17) is 10.2 Å². The van der Waals surface area contributed by atoms with Crippen LogP contribution in [0.5, 0.6) is 0 Å². The first-order valence-electron chi connectivity index (χ1n) is 6.36. The molecule has 112 valence electrons. The van der Waals surface area contributed by atoms with Crippen LogP contribution in [0.2, 0.25) is 0 Å². The number of nitrogens with one attached hydrogen (secondary N) is 1. The molecular weight excluding hydrogens is 282 g/mol. The summed E-state index contributed by atoms with van der Waals surface area (Å²) in [5, 5.41) is 17.5. The van der Waals surface area contributed by atoms with Gasteiger partial charge in [-0.25, -0.2) is 17.9 Å². The summed E-state index contributed by atoms with van der Waals surface area (Å²) in [4.78, 5) is 10.5. The molecule has 1 unspecified atom stereocenters. The molecule has 0 saturated heterocycles. The van der Waals surface area contributed by atoms with E-state index < -0.39 is 22.1 Å². The average Bonchev–Trinajstić information content (AvgIpc) is 2.39. The molecule has 0 fully saturated rings. The van der Waals surface area contributed by atoms with Gasteiger partial charge in [0.25, 0.3) is 0 Å². The first-order valence-corrected chi connectivity index (χ1v) is 7.84. The lowest BCUT2D eigenvalue weighted by Crippen LogP contribution is -2.30. The van der Waals surface area contributed by atoms with Gasteiger partial charge in [-0.05, 0) is 30.5 Å². The lowest BCUT2D eigenvalue weighted by Gasteiger charge is -2.09. The number of benzene rings is 1. The Morgan fingerprint density at radius 1 is 1.30 bits per heavy atom. The number of carbonyl (C=O) groups is 1. The highest BCUT2D eigenvalue weighted by Crippen LogP contribution is 2.11. The van der Waals surface area contributed by atoms with Gasteiger partial charge >= 0.3 is 5.97 Å². The lowest BCUT2D eigenvalue weighted by atomic mass is 10.1. The Bertz CT molecular complexity index is 538. The zero-order chi connectivity index (χ0) is 15.2. The largest absolute Gasteiger partial charge is 0.479 e. The number of aliphatic carboxylic acids is 1. The average molecular weight is 301 g/mol. The molecule has 0 heterocycles. The van der Waals surface area contributed by atoms with E-state index in [0.29, 0.717) is 0 Å². The van der Waals surface area contributed by atoms with Gasteiger partial charge in [-0.1, -0.05) is 25.5 Å². The number of aliphatic hydroxyl groups excluding tert-OH is 1. The van der Waals surface area contributed by atoms with Crippen molar-refractivity contribution in [3.05, 3.63) is 29.8 Å². The van der Waals surface area contributed by atoms with Gasteiger partial charge < -0.3 is 10.2 Å². The number of hydrogen-bond donors (Lipinski definition) is 3. The van der Waals surface area contributed by atoms with E-state index >= 15 is 0 Å². The Kier molecular flexibility index (Phi) is 6.12. The van der Waals surface area contributed by atoms with E-state index in [0.717, 1.165) is 18.4 Å². The van der Waals surface area contributed by atoms with E-state index in [1.54, 1.807) is 12.1 Å². The highest BCUT2D eigenvalue weighted by atomic mass is 32.2. The van der Waals surface area contributed by atoms with E-state index in [1.807, 2.05) is 6.92 Å². The van der Waals surface area contributed by atoms with Gasteiger partial charge in [-0.3, -0.25) is 0 Å². The van der Waals surface area contributed by atoms with Crippen LogP contribution in [0.15, 0.2) is 29.2 Å². The molecule has 0 saturated carbocycles. The molecule has 0 bridgehead atoms. The fourth-order valence-corrected chi connectivity index (χ4v) is 2.71. The monoisotopic (exact) mass is 301 g/mol. The third-order valence-corrected chi connectivity index (χ3v) is 4.24. The predicted molar refractivity (Wildman–Crippen MR) is 73.9 cm³/mol. The van der Waals surface area contributed by atoms with Crippen molar-refractivity contribution < 1.29 is 23.4 Å². The quantitative estimate of drug-likeness (QED) is 0.657. The summed E-state index contributed by atoms with van der Waals surface area (Å²) in [6, 6.07) is 6.54. The van der Waals surface area contributed by atoms with Crippen LogP contribution in [-0.4, -0.2) is 37.2 Å². The topological polar surface area (TPSA) is 104 Å². The fourth-order valence-electron chi connectivity index (χ4n) is 1.66. The van der Waals surface area contributed by atoms with Crippen LogP contribution in [-0.2, 0) is 21.2 Å². The summed E-state index contributed by atoms with van der Waals surface area (Å²) in [7, 11) is -3.67. The molecule has 20 heavy (non-hydrogen) atoms. The van der Waals surface area contributed by atoms with Crippen LogP contribution in [0.4, 0.5) is 0 Å². The van der Waals surface area contributed by atoms with E-state index in [1.165, 1.54) is 12.1 Å². The highest BCUT2D eigenvalue weighted by molar-refractivity contribution is 7.89. The van der Waals surface area contributed by atoms with Crippen LogP contribution < -0.4 is 4.72 Å². The second-order valence-electron chi connectivity index (χ2n) is 4.43. The first kappa shape index (κ1) is 16.6. The van der Waals surface area contributed by atoms with E-state index in [-0.39, 0.29) is 17.9 Å². The minimum absolute atomic E-state index is 0.127. The number of carboxylic acid groups (broad SMARTS) is 1. The molecule has 0 aliphatic heterocycles. The molecule has 1 aromatic rings. The summed E-state index contributed by atoms with van der Waals surface area (Å²) in [5.41, 5.74) is 1.06. The summed E-state index contributed by atoms with van der Waals surface area (Å²) in [5.74, 6) is -1.37. The summed E-state index contributed by atoms with van der Waals surface area (Å²) in [6.07, 6.45) is 0.128. The van der Waals surface area contributed by atoms with Gasteiger partial charge in [0.15, 0.2) is 6.10 Å². The maximum absolute atomic E-state index is 11.9. The minimum Gasteiger partial charge on any atom is -0.479 e. The number of hydrogen-bond acceptors (Lipinski definition) is 4. The van der Waals surface area contributed by atoms with Crippen molar-refractivity contribution in [2.75, 3.05) is 6.54 Å². The van der Waals surface area contributed by atoms with Gasteiger partial charge in [-0.2, -0.15) is 0 Å². The predicted octanol–water partition coefficient (Wildman–Crippen LogP) is 0.753. The standard InChI is InChI=1S/C13H19NO5S/c1-2-3-10-4-6-11(7-5-10)20(18,19)14-9-8-12(15)13(16)17/h4-7,12,14-15H,2-3,8-9H2,1H3,(H,16,17). The summed E-state index contributed by atoms with van der Waals surface area (Å²) >= 11 is 0. The molecule has 1 atom stereocenters. The van der Waals surface area contributed by atoms with Crippen molar-refractivity contribution in [2.24, 2.45) is 0 Å². The second kappa shape index (κ2) is 7.37. The first-order chi connectivity index (χ1) is 9.36. The molecule has 0 aromatic heterocycles. The Hall–Kier alpha value is -1.44. The SMILES string of the molecule is CCCc1ccc(S(=O)(=O)NCCC(O)C(=O)O)cc1. The molecule has 7 heteroatoms. The Morgan fingerprint density at radius 3 is 2.40 bits per heavy atom. The fraction of sp³-hybridized carbons (Fsp3) is 0.462. The molecule has 0 aliphatic rings. The number of sulfonamides is 1. The van der Waals surface area contributed by atoms with Crippen molar-refractivity contribution in [3.63, 3.8) is 0 Å². The lowest BCUT2D eigenvalue weighted by molar-refractivity contribution is -0.146. The molecule has 6 nitrogen and oxygen atoms in total. The number of aryl methyl sites for hydroxylation is 1. The highest BCUT2D eigenvalue weighted by Gasteiger charge is 2.16. The number of rotatable bonds is 8. The van der Waals surface area contributed by atoms with E-state index in [9.17, 15) is 13.2 Å². The van der Waals surface area contributed by atoms with E-state index in [2.05, 4.69) is 4.72 Å². The maximum atomic E-state index is 11.9. The second-order valence-corrected chi connectivity index (χ2v) is 6.20. The van der Waals surface area contributed by atoms with Gasteiger partial charge in [0, 0.05) is 6.54 Å². The zero-order valence-corrected chi connectivity index (χ0v) is 12.1.